The molecule has 0 amide bonds. The van der Waals surface area contributed by atoms with E-state index in [0.717, 1.165) is 36.2 Å². The number of halogens is 2. The number of hydrogen-bond acceptors (Lipinski definition) is 2. The molecule has 0 N–H and O–H groups in total. The van der Waals surface area contributed by atoms with Crippen molar-refractivity contribution in [1.29, 1.82) is 0 Å². The largest absolute Gasteiger partial charge is 0.325 e. The second kappa shape index (κ2) is 6.80. The lowest BCUT2D eigenvalue weighted by molar-refractivity contribution is 0.463. The van der Waals surface area contributed by atoms with E-state index in [2.05, 4.69) is 24.7 Å². The van der Waals surface area contributed by atoms with Crippen molar-refractivity contribution >= 4 is 46.0 Å². The summed E-state index contributed by atoms with van der Waals surface area (Å²) in [4.78, 5) is 4.70. The smallest absolute Gasteiger partial charge is 0.127 e. The van der Waals surface area contributed by atoms with Crippen molar-refractivity contribution < 1.29 is 0 Å². The third kappa shape index (κ3) is 3.35. The summed E-state index contributed by atoms with van der Waals surface area (Å²) in [6.07, 6.45) is 4.43. The van der Waals surface area contributed by atoms with Gasteiger partial charge < -0.3 is 4.57 Å². The van der Waals surface area contributed by atoms with Gasteiger partial charge in [-0.3, -0.25) is 0 Å². The SMILES string of the molecule is CCC(CC)(Cn1c(C(C)Cl)nc2cc(Cl)ccc21)SC. The zero-order chi connectivity index (χ0) is 15.6. The number of hydrogen-bond donors (Lipinski definition) is 0. The van der Waals surface area contributed by atoms with Crippen LogP contribution >= 0.6 is 35.0 Å². The lowest BCUT2D eigenvalue weighted by Crippen LogP contribution is -2.29. The van der Waals surface area contributed by atoms with Crippen molar-refractivity contribution in [2.75, 3.05) is 6.26 Å². The van der Waals surface area contributed by atoms with Crippen LogP contribution in [0.4, 0.5) is 0 Å². The average molecular weight is 345 g/mol. The van der Waals surface area contributed by atoms with E-state index in [4.69, 9.17) is 28.2 Å². The summed E-state index contributed by atoms with van der Waals surface area (Å²) in [5, 5.41) is 0.590. The van der Waals surface area contributed by atoms with E-state index in [-0.39, 0.29) is 10.1 Å². The highest BCUT2D eigenvalue weighted by Gasteiger charge is 2.28. The van der Waals surface area contributed by atoms with Gasteiger partial charge in [-0.2, -0.15) is 11.8 Å². The van der Waals surface area contributed by atoms with Gasteiger partial charge >= 0.3 is 0 Å². The molecule has 0 aliphatic rings. The van der Waals surface area contributed by atoms with Gasteiger partial charge in [-0.25, -0.2) is 4.98 Å². The van der Waals surface area contributed by atoms with Gasteiger partial charge in [0.1, 0.15) is 5.82 Å². The molecular weight excluding hydrogens is 323 g/mol. The molecule has 0 saturated heterocycles. The Morgan fingerprint density at radius 1 is 1.33 bits per heavy atom. The minimum Gasteiger partial charge on any atom is -0.325 e. The van der Waals surface area contributed by atoms with E-state index in [1.807, 2.05) is 36.9 Å². The van der Waals surface area contributed by atoms with Crippen molar-refractivity contribution in [2.45, 2.75) is 50.3 Å². The highest BCUT2D eigenvalue weighted by molar-refractivity contribution is 8.00. The average Bonchev–Trinajstić information content (AvgIpc) is 2.82. The fourth-order valence-electron chi connectivity index (χ4n) is 2.71. The lowest BCUT2D eigenvalue weighted by Gasteiger charge is -2.31. The molecular formula is C16H22Cl2N2S. The van der Waals surface area contributed by atoms with E-state index in [1.54, 1.807) is 0 Å². The Morgan fingerprint density at radius 2 is 2.00 bits per heavy atom. The molecule has 0 aliphatic carbocycles. The Labute approximate surface area is 141 Å². The van der Waals surface area contributed by atoms with Gasteiger partial charge in [-0.15, -0.1) is 11.6 Å². The molecule has 0 spiro atoms. The topological polar surface area (TPSA) is 17.8 Å². The molecule has 0 saturated carbocycles. The predicted octanol–water partition coefficient (Wildman–Crippen LogP) is 5.91. The third-order valence-electron chi connectivity index (χ3n) is 4.26. The van der Waals surface area contributed by atoms with Crippen LogP contribution < -0.4 is 0 Å². The van der Waals surface area contributed by atoms with Gasteiger partial charge in [0.15, 0.2) is 0 Å². The Morgan fingerprint density at radius 3 is 2.52 bits per heavy atom. The molecule has 0 fully saturated rings. The Bertz CT molecular complexity index is 610. The van der Waals surface area contributed by atoms with Crippen LogP contribution in [-0.2, 0) is 6.54 Å². The van der Waals surface area contributed by atoms with E-state index in [1.165, 1.54) is 0 Å². The maximum absolute atomic E-state index is 6.35. The lowest BCUT2D eigenvalue weighted by atomic mass is 10.0. The van der Waals surface area contributed by atoms with E-state index in [0.29, 0.717) is 5.02 Å². The van der Waals surface area contributed by atoms with E-state index in [9.17, 15) is 0 Å². The van der Waals surface area contributed by atoms with Crippen molar-refractivity contribution in [3.63, 3.8) is 0 Å². The number of thioether (sulfide) groups is 1. The predicted molar refractivity (Wildman–Crippen MR) is 95.8 cm³/mol. The van der Waals surface area contributed by atoms with Gasteiger partial charge in [-0.05, 0) is 44.2 Å². The van der Waals surface area contributed by atoms with Crippen molar-refractivity contribution in [1.82, 2.24) is 9.55 Å². The number of aromatic nitrogens is 2. The zero-order valence-electron chi connectivity index (χ0n) is 13.0. The highest BCUT2D eigenvalue weighted by Crippen LogP contribution is 2.35. The van der Waals surface area contributed by atoms with Crippen LogP contribution in [-0.4, -0.2) is 20.6 Å². The molecule has 116 valence electrons. The molecule has 1 unspecified atom stereocenters. The van der Waals surface area contributed by atoms with E-state index >= 15 is 0 Å². The number of fused-ring (bicyclic) bond motifs is 1. The number of benzene rings is 1. The summed E-state index contributed by atoms with van der Waals surface area (Å²) < 4.78 is 2.49. The van der Waals surface area contributed by atoms with Gasteiger partial charge in [0.2, 0.25) is 0 Å². The first kappa shape index (κ1) is 17.0. The number of imidazole rings is 1. The van der Waals surface area contributed by atoms with Crippen LogP contribution in [0.3, 0.4) is 0 Å². The Kier molecular flexibility index (Phi) is 5.50. The molecule has 2 rings (SSSR count). The summed E-state index contributed by atoms with van der Waals surface area (Å²) in [5.74, 6) is 0.925. The van der Waals surface area contributed by atoms with Crippen LogP contribution in [0.5, 0.6) is 0 Å². The first-order valence-electron chi connectivity index (χ1n) is 7.31. The Hall–Kier alpha value is -0.380. The quantitative estimate of drug-likeness (QED) is 0.606. The highest BCUT2D eigenvalue weighted by atomic mass is 35.5. The molecule has 2 nitrogen and oxygen atoms in total. The van der Waals surface area contributed by atoms with Crippen LogP contribution in [0.1, 0.15) is 44.8 Å². The molecule has 1 heterocycles. The molecule has 0 aliphatic heterocycles. The maximum Gasteiger partial charge on any atom is 0.127 e. The van der Waals surface area contributed by atoms with Crippen molar-refractivity contribution in [3.05, 3.63) is 29.0 Å². The molecule has 2 aromatic rings. The van der Waals surface area contributed by atoms with Gasteiger partial charge in [-0.1, -0.05) is 25.4 Å². The third-order valence-corrected chi connectivity index (χ3v) is 6.27. The molecule has 21 heavy (non-hydrogen) atoms. The van der Waals surface area contributed by atoms with Crippen molar-refractivity contribution in [3.8, 4) is 0 Å². The summed E-state index contributed by atoms with van der Waals surface area (Å²) in [7, 11) is 0. The number of nitrogens with zero attached hydrogens (tertiary/aromatic N) is 2. The normalized spacial score (nSPS) is 13.8. The second-order valence-corrected chi connectivity index (χ2v) is 7.76. The fraction of sp³-hybridized carbons (Fsp3) is 0.562. The second-order valence-electron chi connectivity index (χ2n) is 5.40. The number of alkyl halides is 1. The van der Waals surface area contributed by atoms with Crippen LogP contribution in [0.25, 0.3) is 11.0 Å². The fourth-order valence-corrected chi connectivity index (χ4v) is 3.87. The van der Waals surface area contributed by atoms with Gasteiger partial charge in [0.05, 0.1) is 16.4 Å². The summed E-state index contributed by atoms with van der Waals surface area (Å²) >= 11 is 14.4. The van der Waals surface area contributed by atoms with Gasteiger partial charge in [0, 0.05) is 16.3 Å². The Balaban J connectivity index is 2.57. The molecule has 1 aromatic carbocycles. The summed E-state index contributed by atoms with van der Waals surface area (Å²) in [5.41, 5.74) is 2.04. The maximum atomic E-state index is 6.35. The molecule has 1 atom stereocenters. The zero-order valence-corrected chi connectivity index (χ0v) is 15.3. The molecule has 5 heteroatoms. The van der Waals surface area contributed by atoms with Crippen LogP contribution in [0.15, 0.2) is 18.2 Å². The standard InChI is InChI=1S/C16H22Cl2N2S/c1-5-16(6-2,21-4)10-20-14-8-7-12(18)9-13(14)19-15(20)11(3)17/h7-9,11H,5-6,10H2,1-4H3. The summed E-state index contributed by atoms with van der Waals surface area (Å²) in [6.45, 7) is 7.39. The van der Waals surface area contributed by atoms with Crippen molar-refractivity contribution in [2.24, 2.45) is 0 Å². The number of rotatable bonds is 6. The molecule has 1 aromatic heterocycles. The van der Waals surface area contributed by atoms with Crippen LogP contribution in [0.2, 0.25) is 5.02 Å². The first-order chi connectivity index (χ1) is 9.96. The summed E-state index contributed by atoms with van der Waals surface area (Å²) in [6, 6.07) is 5.88. The molecule has 0 radical (unpaired) electrons. The molecule has 0 bridgehead atoms. The van der Waals surface area contributed by atoms with E-state index < -0.39 is 0 Å². The first-order valence-corrected chi connectivity index (χ1v) is 9.35. The minimum atomic E-state index is -0.121. The van der Waals surface area contributed by atoms with Gasteiger partial charge in [0.25, 0.3) is 0 Å². The van der Waals surface area contributed by atoms with Crippen LogP contribution in [0, 0.1) is 0 Å². The minimum absolute atomic E-state index is 0.121. The monoisotopic (exact) mass is 344 g/mol.